The van der Waals surface area contributed by atoms with Gasteiger partial charge in [-0.2, -0.15) is 0 Å². The minimum atomic E-state index is -0.237. The van der Waals surface area contributed by atoms with Crippen molar-refractivity contribution in [3.63, 3.8) is 0 Å². The van der Waals surface area contributed by atoms with E-state index in [0.717, 1.165) is 0 Å². The molecule has 0 atom stereocenters. The SMILES string of the molecule is Nc1cc(Cl)c(NC(=O)CCOc2ccccc2)c(Cl)c1. The van der Waals surface area contributed by atoms with Crippen LogP contribution >= 0.6 is 23.2 Å². The van der Waals surface area contributed by atoms with E-state index < -0.39 is 0 Å². The highest BCUT2D eigenvalue weighted by Gasteiger charge is 2.11. The number of halogens is 2. The maximum atomic E-state index is 11.9. The van der Waals surface area contributed by atoms with Crippen molar-refractivity contribution < 1.29 is 9.53 Å². The predicted octanol–water partition coefficient (Wildman–Crippen LogP) is 3.98. The van der Waals surface area contributed by atoms with Crippen LogP contribution in [0.25, 0.3) is 0 Å². The molecule has 0 aliphatic rings. The van der Waals surface area contributed by atoms with E-state index >= 15 is 0 Å². The number of carbonyl (C=O) groups excluding carboxylic acids is 1. The van der Waals surface area contributed by atoms with Crippen LogP contribution in [-0.2, 0) is 4.79 Å². The average Bonchev–Trinajstić information content (AvgIpc) is 2.44. The fourth-order valence-electron chi connectivity index (χ4n) is 1.69. The van der Waals surface area contributed by atoms with Crippen LogP contribution in [0, 0.1) is 0 Å². The van der Waals surface area contributed by atoms with Gasteiger partial charge in [0.05, 0.1) is 28.8 Å². The van der Waals surface area contributed by atoms with E-state index in [1.807, 2.05) is 30.3 Å². The summed E-state index contributed by atoms with van der Waals surface area (Å²) in [6, 6.07) is 12.3. The summed E-state index contributed by atoms with van der Waals surface area (Å²) >= 11 is 12.0. The van der Waals surface area contributed by atoms with Gasteiger partial charge in [0, 0.05) is 5.69 Å². The van der Waals surface area contributed by atoms with Crippen molar-refractivity contribution in [2.24, 2.45) is 0 Å². The summed E-state index contributed by atoms with van der Waals surface area (Å²) in [6.45, 7) is 0.264. The van der Waals surface area contributed by atoms with Crippen LogP contribution in [0.2, 0.25) is 10.0 Å². The molecule has 0 aliphatic carbocycles. The summed E-state index contributed by atoms with van der Waals surface area (Å²) in [6.07, 6.45) is 0.186. The number of para-hydroxylation sites is 1. The average molecular weight is 325 g/mol. The first kappa shape index (κ1) is 15.5. The molecule has 0 radical (unpaired) electrons. The van der Waals surface area contributed by atoms with Gasteiger partial charge >= 0.3 is 0 Å². The third kappa shape index (κ3) is 4.55. The van der Waals surface area contributed by atoms with Gasteiger partial charge in [0.2, 0.25) is 5.91 Å². The van der Waals surface area contributed by atoms with Crippen molar-refractivity contribution in [2.75, 3.05) is 17.7 Å². The van der Waals surface area contributed by atoms with Gasteiger partial charge in [-0.15, -0.1) is 0 Å². The number of anilines is 2. The Labute approximate surface area is 132 Å². The first-order valence-electron chi connectivity index (χ1n) is 6.28. The van der Waals surface area contributed by atoms with Gasteiger partial charge < -0.3 is 15.8 Å². The minimum absolute atomic E-state index is 0.186. The number of amides is 1. The van der Waals surface area contributed by atoms with E-state index in [1.165, 1.54) is 12.1 Å². The summed E-state index contributed by atoms with van der Waals surface area (Å²) in [5.74, 6) is 0.480. The molecular formula is C15H14Cl2N2O2. The van der Waals surface area contributed by atoms with Crippen molar-refractivity contribution in [3.8, 4) is 5.75 Å². The number of benzene rings is 2. The Morgan fingerprint density at radius 1 is 1.14 bits per heavy atom. The van der Waals surface area contributed by atoms with E-state index in [9.17, 15) is 4.79 Å². The summed E-state index contributed by atoms with van der Waals surface area (Å²) in [5.41, 5.74) is 6.40. The van der Waals surface area contributed by atoms with E-state index in [0.29, 0.717) is 27.2 Å². The van der Waals surface area contributed by atoms with Crippen LogP contribution in [-0.4, -0.2) is 12.5 Å². The van der Waals surface area contributed by atoms with Crippen LogP contribution in [0.1, 0.15) is 6.42 Å². The number of ether oxygens (including phenoxy) is 1. The van der Waals surface area contributed by atoms with Gasteiger partial charge in [-0.25, -0.2) is 0 Å². The molecule has 4 nitrogen and oxygen atoms in total. The Morgan fingerprint density at radius 3 is 2.38 bits per heavy atom. The predicted molar refractivity (Wildman–Crippen MR) is 86.1 cm³/mol. The number of carbonyl (C=O) groups is 1. The zero-order valence-corrected chi connectivity index (χ0v) is 12.6. The fraction of sp³-hybridized carbons (Fsp3) is 0.133. The number of hydrogen-bond donors (Lipinski definition) is 2. The maximum Gasteiger partial charge on any atom is 0.227 e. The topological polar surface area (TPSA) is 64.3 Å². The Morgan fingerprint density at radius 2 is 1.76 bits per heavy atom. The van der Waals surface area contributed by atoms with Crippen LogP contribution in [0.3, 0.4) is 0 Å². The second-order valence-electron chi connectivity index (χ2n) is 4.32. The molecule has 2 aromatic carbocycles. The zero-order valence-electron chi connectivity index (χ0n) is 11.1. The third-order valence-electron chi connectivity index (χ3n) is 2.67. The van der Waals surface area contributed by atoms with Crippen molar-refractivity contribution >= 4 is 40.5 Å². The van der Waals surface area contributed by atoms with Crippen LogP contribution in [0.4, 0.5) is 11.4 Å². The molecular weight excluding hydrogens is 311 g/mol. The molecule has 0 saturated heterocycles. The normalized spacial score (nSPS) is 10.2. The highest BCUT2D eigenvalue weighted by atomic mass is 35.5. The number of nitrogens with one attached hydrogen (secondary N) is 1. The molecule has 0 saturated carbocycles. The highest BCUT2D eigenvalue weighted by Crippen LogP contribution is 2.32. The van der Waals surface area contributed by atoms with Gasteiger partial charge in [0.15, 0.2) is 0 Å². The maximum absolute atomic E-state index is 11.9. The molecule has 0 aromatic heterocycles. The molecule has 21 heavy (non-hydrogen) atoms. The fourth-order valence-corrected chi connectivity index (χ4v) is 2.29. The Bertz CT molecular complexity index is 610. The minimum Gasteiger partial charge on any atom is -0.493 e. The monoisotopic (exact) mass is 324 g/mol. The van der Waals surface area contributed by atoms with E-state index in [-0.39, 0.29) is 18.9 Å². The lowest BCUT2D eigenvalue weighted by Crippen LogP contribution is -2.15. The van der Waals surface area contributed by atoms with Crippen LogP contribution in [0.15, 0.2) is 42.5 Å². The van der Waals surface area contributed by atoms with Gasteiger partial charge in [-0.05, 0) is 24.3 Å². The molecule has 0 unspecified atom stereocenters. The summed E-state index contributed by atoms with van der Waals surface area (Å²) in [7, 11) is 0. The molecule has 2 rings (SSSR count). The number of nitrogen functional groups attached to an aromatic ring is 1. The zero-order chi connectivity index (χ0) is 15.2. The van der Waals surface area contributed by atoms with Crippen molar-refractivity contribution in [3.05, 3.63) is 52.5 Å². The summed E-state index contributed by atoms with van der Waals surface area (Å²) < 4.78 is 5.45. The Balaban J connectivity index is 1.88. The van der Waals surface area contributed by atoms with E-state index in [4.69, 9.17) is 33.7 Å². The molecule has 110 valence electrons. The molecule has 3 N–H and O–H groups in total. The van der Waals surface area contributed by atoms with Crippen molar-refractivity contribution in [2.45, 2.75) is 6.42 Å². The largest absolute Gasteiger partial charge is 0.493 e. The molecule has 0 aliphatic heterocycles. The summed E-state index contributed by atoms with van der Waals surface area (Å²) in [5, 5.41) is 3.26. The lowest BCUT2D eigenvalue weighted by atomic mass is 10.2. The molecule has 1 amide bonds. The first-order chi connectivity index (χ1) is 10.1. The van der Waals surface area contributed by atoms with E-state index in [2.05, 4.69) is 5.32 Å². The highest BCUT2D eigenvalue weighted by molar-refractivity contribution is 6.40. The van der Waals surface area contributed by atoms with Gasteiger partial charge in [0.1, 0.15) is 5.75 Å². The standard InChI is InChI=1S/C15H14Cl2N2O2/c16-12-8-10(18)9-13(17)15(12)19-14(20)6-7-21-11-4-2-1-3-5-11/h1-5,8-9H,6-7,18H2,(H,19,20). The molecule has 0 fully saturated rings. The van der Waals surface area contributed by atoms with Crippen LogP contribution in [0.5, 0.6) is 5.75 Å². The second kappa shape index (κ2) is 7.20. The van der Waals surface area contributed by atoms with Gasteiger partial charge in [-0.3, -0.25) is 4.79 Å². The van der Waals surface area contributed by atoms with Crippen molar-refractivity contribution in [1.29, 1.82) is 0 Å². The number of rotatable bonds is 5. The van der Waals surface area contributed by atoms with Gasteiger partial charge in [0.25, 0.3) is 0 Å². The molecule has 0 heterocycles. The van der Waals surface area contributed by atoms with Gasteiger partial charge in [-0.1, -0.05) is 41.4 Å². The Hall–Kier alpha value is -1.91. The number of hydrogen-bond acceptors (Lipinski definition) is 3. The Kier molecular flexibility index (Phi) is 5.31. The third-order valence-corrected chi connectivity index (χ3v) is 3.27. The van der Waals surface area contributed by atoms with Crippen molar-refractivity contribution in [1.82, 2.24) is 0 Å². The lowest BCUT2D eigenvalue weighted by molar-refractivity contribution is -0.116. The van der Waals surface area contributed by atoms with Crippen LogP contribution < -0.4 is 15.8 Å². The molecule has 0 bridgehead atoms. The molecule has 6 heteroatoms. The summed E-state index contributed by atoms with van der Waals surface area (Å²) in [4.78, 5) is 11.9. The lowest BCUT2D eigenvalue weighted by Gasteiger charge is -2.10. The molecule has 2 aromatic rings. The quantitative estimate of drug-likeness (QED) is 0.817. The number of nitrogens with two attached hydrogens (primary N) is 1. The van der Waals surface area contributed by atoms with E-state index in [1.54, 1.807) is 0 Å². The second-order valence-corrected chi connectivity index (χ2v) is 5.13. The molecule has 0 spiro atoms. The first-order valence-corrected chi connectivity index (χ1v) is 7.04. The smallest absolute Gasteiger partial charge is 0.227 e.